The van der Waals surface area contributed by atoms with Crippen LogP contribution in [0, 0.1) is 0 Å². The quantitative estimate of drug-likeness (QED) is 0.591. The van der Waals surface area contributed by atoms with Crippen molar-refractivity contribution in [3.63, 3.8) is 0 Å². The third-order valence-corrected chi connectivity index (χ3v) is 5.19. The van der Waals surface area contributed by atoms with Gasteiger partial charge in [-0.05, 0) is 36.4 Å². The Balaban J connectivity index is 2.13. The topological polar surface area (TPSA) is 79.6 Å². The van der Waals surface area contributed by atoms with E-state index in [1.54, 1.807) is 36.4 Å². The Morgan fingerprint density at radius 1 is 1.09 bits per heavy atom. The molecule has 3 aromatic rings. The molecule has 0 spiro atoms. The van der Waals surface area contributed by atoms with Gasteiger partial charge in [-0.3, -0.25) is 10.0 Å². The molecule has 23 heavy (non-hydrogen) atoms. The number of amides is 1. The van der Waals surface area contributed by atoms with E-state index in [1.807, 2.05) is 0 Å². The van der Waals surface area contributed by atoms with Crippen molar-refractivity contribution in [1.82, 2.24) is 3.97 Å². The first-order chi connectivity index (χ1) is 10.9. The van der Waals surface area contributed by atoms with E-state index >= 15 is 0 Å². The highest BCUT2D eigenvalue weighted by Gasteiger charge is 2.19. The summed E-state index contributed by atoms with van der Waals surface area (Å²) in [5.74, 6) is -0.527. The first-order valence-corrected chi connectivity index (χ1v) is 8.26. The molecule has 1 N–H and O–H groups in total. The maximum absolute atomic E-state index is 12.7. The number of hydrogen-bond acceptors (Lipinski definition) is 4. The number of carbonyl (C=O) groups is 1. The molecular weight excluding hydrogens is 316 g/mol. The predicted octanol–water partition coefficient (Wildman–Crippen LogP) is 2.62. The van der Waals surface area contributed by atoms with E-state index in [0.717, 1.165) is 0 Å². The highest BCUT2D eigenvalue weighted by atomic mass is 32.2. The number of aromatic nitrogens is 1. The molecule has 118 valence electrons. The molecular formula is C16H14N2O4S. The smallest absolute Gasteiger partial charge is 0.268 e. The predicted molar refractivity (Wildman–Crippen MR) is 85.9 cm³/mol. The fourth-order valence-corrected chi connectivity index (χ4v) is 3.71. The third kappa shape index (κ3) is 2.60. The van der Waals surface area contributed by atoms with Crippen molar-refractivity contribution < 1.29 is 18.4 Å². The van der Waals surface area contributed by atoms with E-state index in [9.17, 15) is 18.4 Å². The molecule has 0 aliphatic rings. The summed E-state index contributed by atoms with van der Waals surface area (Å²) >= 11 is 0. The minimum Gasteiger partial charge on any atom is -0.281 e. The van der Waals surface area contributed by atoms with Crippen LogP contribution in [0.25, 0.3) is 10.9 Å². The third-order valence-electron chi connectivity index (χ3n) is 3.48. The molecule has 1 aromatic heterocycles. The number of benzene rings is 2. The van der Waals surface area contributed by atoms with Crippen LogP contribution in [-0.2, 0) is 14.8 Å². The Morgan fingerprint density at radius 2 is 1.78 bits per heavy atom. The van der Waals surface area contributed by atoms with E-state index in [1.165, 1.54) is 35.3 Å². The Morgan fingerprint density at radius 3 is 2.43 bits per heavy atom. The second-order valence-corrected chi connectivity index (χ2v) is 6.82. The number of carbonyl (C=O) groups excluding carboxylic acids is 1. The van der Waals surface area contributed by atoms with E-state index in [-0.39, 0.29) is 10.6 Å². The number of hydroxylamine groups is 1. The van der Waals surface area contributed by atoms with Crippen molar-refractivity contribution in [1.29, 1.82) is 0 Å². The van der Waals surface area contributed by atoms with Crippen LogP contribution >= 0.6 is 0 Å². The average molecular weight is 330 g/mol. The molecule has 0 saturated carbocycles. The van der Waals surface area contributed by atoms with Gasteiger partial charge in [0.05, 0.1) is 16.1 Å². The van der Waals surface area contributed by atoms with Crippen LogP contribution in [0.2, 0.25) is 0 Å². The van der Waals surface area contributed by atoms with Crippen molar-refractivity contribution in [2.24, 2.45) is 0 Å². The van der Waals surface area contributed by atoms with Crippen LogP contribution in [-0.4, -0.2) is 23.5 Å². The summed E-state index contributed by atoms with van der Waals surface area (Å²) in [7, 11) is -3.70. The van der Waals surface area contributed by atoms with Gasteiger partial charge >= 0.3 is 0 Å². The average Bonchev–Trinajstić information content (AvgIpc) is 2.98. The molecule has 1 amide bonds. The van der Waals surface area contributed by atoms with Crippen molar-refractivity contribution in [3.05, 3.63) is 60.8 Å². The lowest BCUT2D eigenvalue weighted by atomic mass is 10.2. The van der Waals surface area contributed by atoms with Crippen LogP contribution in [0.1, 0.15) is 6.92 Å². The molecule has 1 heterocycles. The highest BCUT2D eigenvalue weighted by molar-refractivity contribution is 7.90. The molecule has 0 atom stereocenters. The van der Waals surface area contributed by atoms with Gasteiger partial charge in [0.15, 0.2) is 0 Å². The monoisotopic (exact) mass is 330 g/mol. The summed E-state index contributed by atoms with van der Waals surface area (Å²) in [6, 6.07) is 14.3. The minimum absolute atomic E-state index is 0.189. The number of rotatable bonds is 3. The fraction of sp³-hybridized carbons (Fsp3) is 0.0625. The SMILES string of the molecule is CC(=O)N(O)c1ccc2c(ccn2S(=O)(=O)c2ccccc2)c1. The first-order valence-electron chi connectivity index (χ1n) is 6.82. The van der Waals surface area contributed by atoms with Crippen LogP contribution in [0.15, 0.2) is 65.7 Å². The van der Waals surface area contributed by atoms with Crippen molar-refractivity contribution in [3.8, 4) is 0 Å². The molecule has 0 aliphatic heterocycles. The van der Waals surface area contributed by atoms with Crippen molar-refractivity contribution in [2.45, 2.75) is 11.8 Å². The second-order valence-electron chi connectivity index (χ2n) is 5.00. The lowest BCUT2D eigenvalue weighted by Crippen LogP contribution is -2.23. The van der Waals surface area contributed by atoms with Crippen molar-refractivity contribution in [2.75, 3.05) is 5.06 Å². The summed E-state index contributed by atoms with van der Waals surface area (Å²) < 4.78 is 26.5. The summed E-state index contributed by atoms with van der Waals surface area (Å²) in [4.78, 5) is 11.4. The number of anilines is 1. The maximum Gasteiger partial charge on any atom is 0.268 e. The molecule has 0 bridgehead atoms. The first kappa shape index (κ1) is 15.3. The van der Waals surface area contributed by atoms with Crippen LogP contribution in [0.4, 0.5) is 5.69 Å². The van der Waals surface area contributed by atoms with Gasteiger partial charge in [-0.2, -0.15) is 5.06 Å². The Kier molecular flexibility index (Phi) is 3.67. The van der Waals surface area contributed by atoms with Gasteiger partial charge in [0.2, 0.25) is 5.91 Å². The molecule has 0 unspecified atom stereocenters. The van der Waals surface area contributed by atoms with E-state index in [2.05, 4.69) is 0 Å². The maximum atomic E-state index is 12.7. The van der Waals surface area contributed by atoms with E-state index in [0.29, 0.717) is 16.0 Å². The molecule has 7 heteroatoms. The second kappa shape index (κ2) is 5.53. The van der Waals surface area contributed by atoms with Crippen LogP contribution < -0.4 is 5.06 Å². The fourth-order valence-electron chi connectivity index (χ4n) is 2.33. The standard InChI is InChI=1S/C16H14N2O4S/c1-12(19)18(20)14-7-8-16-13(11-14)9-10-17(16)23(21,22)15-5-3-2-4-6-15/h2-11,20H,1H3. The molecule has 6 nitrogen and oxygen atoms in total. The van der Waals surface area contributed by atoms with Gasteiger partial charge in [0, 0.05) is 18.5 Å². The zero-order valence-electron chi connectivity index (χ0n) is 12.2. The number of nitrogens with zero attached hydrogens (tertiary/aromatic N) is 2. The van der Waals surface area contributed by atoms with Crippen LogP contribution in [0.3, 0.4) is 0 Å². The molecule has 0 saturated heterocycles. The summed E-state index contributed by atoms with van der Waals surface area (Å²) in [5, 5.41) is 10.8. The van der Waals surface area contributed by atoms with Crippen molar-refractivity contribution >= 4 is 32.5 Å². The van der Waals surface area contributed by atoms with Gasteiger partial charge in [0.1, 0.15) is 0 Å². The summed E-state index contributed by atoms with van der Waals surface area (Å²) in [6.45, 7) is 1.23. The normalized spacial score (nSPS) is 11.6. The summed E-state index contributed by atoms with van der Waals surface area (Å²) in [6.07, 6.45) is 1.45. The Labute approximate surface area is 133 Å². The Hall–Kier alpha value is -2.64. The minimum atomic E-state index is -3.70. The molecule has 3 rings (SSSR count). The summed E-state index contributed by atoms with van der Waals surface area (Å²) in [5.41, 5.74) is 0.745. The van der Waals surface area contributed by atoms with Gasteiger partial charge in [-0.15, -0.1) is 0 Å². The van der Waals surface area contributed by atoms with Gasteiger partial charge in [-0.25, -0.2) is 12.4 Å². The molecule has 0 radical (unpaired) electrons. The lowest BCUT2D eigenvalue weighted by molar-refractivity contribution is -0.121. The van der Waals surface area contributed by atoms with Crippen LogP contribution in [0.5, 0.6) is 0 Å². The molecule has 0 aliphatic carbocycles. The van der Waals surface area contributed by atoms with Gasteiger partial charge in [0.25, 0.3) is 10.0 Å². The largest absolute Gasteiger partial charge is 0.281 e. The molecule has 2 aromatic carbocycles. The Bertz CT molecular complexity index is 978. The molecule has 0 fully saturated rings. The van der Waals surface area contributed by atoms with E-state index < -0.39 is 15.9 Å². The zero-order chi connectivity index (χ0) is 16.6. The van der Waals surface area contributed by atoms with Gasteiger partial charge < -0.3 is 0 Å². The zero-order valence-corrected chi connectivity index (χ0v) is 13.1. The number of hydrogen-bond donors (Lipinski definition) is 1. The lowest BCUT2D eigenvalue weighted by Gasteiger charge is -2.13. The number of fused-ring (bicyclic) bond motifs is 1. The highest BCUT2D eigenvalue weighted by Crippen LogP contribution is 2.26. The van der Waals surface area contributed by atoms with E-state index in [4.69, 9.17) is 0 Å². The van der Waals surface area contributed by atoms with Gasteiger partial charge in [-0.1, -0.05) is 18.2 Å².